The molecule has 28 heavy (non-hydrogen) atoms. The lowest BCUT2D eigenvalue weighted by Crippen LogP contribution is -2.44. The van der Waals surface area contributed by atoms with E-state index in [1.165, 1.54) is 27.7 Å². The van der Waals surface area contributed by atoms with E-state index in [1.807, 2.05) is 24.3 Å². The minimum atomic E-state index is -0.105. The van der Waals surface area contributed by atoms with Gasteiger partial charge in [0.15, 0.2) is 0 Å². The Morgan fingerprint density at radius 2 is 1.86 bits per heavy atom. The van der Waals surface area contributed by atoms with Gasteiger partial charge in [0, 0.05) is 35.1 Å². The standard InChI is InChI=1S/C23H28N4O/c1-4-16-10-12-17(13-11-16)23(28)24-21-14-19(25-26-21)22-15(3)18-8-6-7-9-20(18)27(22)5-2/h6-13,19,21,25-26H,4-5,14H2,1-3H3,(H,24,28). The smallest absolute Gasteiger partial charge is 0.252 e. The molecule has 1 fully saturated rings. The zero-order valence-electron chi connectivity index (χ0n) is 16.8. The third-order valence-corrected chi connectivity index (χ3v) is 5.75. The average molecular weight is 377 g/mol. The molecule has 2 heterocycles. The molecule has 2 atom stereocenters. The highest BCUT2D eigenvalue weighted by molar-refractivity contribution is 5.94. The normalized spacial score (nSPS) is 19.2. The maximum absolute atomic E-state index is 12.6. The van der Waals surface area contributed by atoms with Gasteiger partial charge in [-0.15, -0.1) is 0 Å². The quantitative estimate of drug-likeness (QED) is 0.634. The maximum atomic E-state index is 12.6. The summed E-state index contributed by atoms with van der Waals surface area (Å²) in [4.78, 5) is 12.6. The molecule has 0 aliphatic carbocycles. The topological polar surface area (TPSA) is 58.1 Å². The van der Waals surface area contributed by atoms with Gasteiger partial charge in [-0.25, -0.2) is 10.9 Å². The number of carbonyl (C=O) groups excluding carboxylic acids is 1. The summed E-state index contributed by atoms with van der Waals surface area (Å²) in [6.45, 7) is 7.40. The van der Waals surface area contributed by atoms with E-state index in [9.17, 15) is 4.79 Å². The van der Waals surface area contributed by atoms with E-state index < -0.39 is 0 Å². The molecule has 0 bridgehead atoms. The molecule has 1 amide bonds. The largest absolute Gasteiger partial charge is 0.343 e. The van der Waals surface area contributed by atoms with E-state index in [-0.39, 0.29) is 18.1 Å². The van der Waals surface area contributed by atoms with Crippen LogP contribution in [0.1, 0.15) is 53.5 Å². The van der Waals surface area contributed by atoms with Gasteiger partial charge < -0.3 is 9.88 Å². The molecule has 3 aromatic rings. The third kappa shape index (κ3) is 3.32. The monoisotopic (exact) mass is 376 g/mol. The number of aryl methyl sites for hydroxylation is 3. The Kier molecular flexibility index (Phi) is 5.20. The van der Waals surface area contributed by atoms with E-state index in [0.717, 1.165) is 19.4 Å². The Balaban J connectivity index is 1.50. The predicted octanol–water partition coefficient (Wildman–Crippen LogP) is 3.83. The van der Waals surface area contributed by atoms with Crippen molar-refractivity contribution in [2.45, 2.75) is 52.4 Å². The number of hydrazine groups is 1. The predicted molar refractivity (Wildman–Crippen MR) is 113 cm³/mol. The van der Waals surface area contributed by atoms with Crippen molar-refractivity contribution in [3.05, 3.63) is 70.9 Å². The zero-order valence-corrected chi connectivity index (χ0v) is 16.8. The molecule has 0 saturated carbocycles. The fourth-order valence-electron chi connectivity index (χ4n) is 4.25. The van der Waals surface area contributed by atoms with Crippen molar-refractivity contribution in [3.63, 3.8) is 0 Å². The zero-order chi connectivity index (χ0) is 19.7. The molecule has 5 nitrogen and oxygen atoms in total. The van der Waals surface area contributed by atoms with Crippen molar-refractivity contribution in [2.24, 2.45) is 0 Å². The summed E-state index contributed by atoms with van der Waals surface area (Å²) in [5.41, 5.74) is 12.4. The van der Waals surface area contributed by atoms with Crippen LogP contribution in [0.15, 0.2) is 48.5 Å². The third-order valence-electron chi connectivity index (χ3n) is 5.75. The van der Waals surface area contributed by atoms with Crippen LogP contribution >= 0.6 is 0 Å². The molecule has 3 N–H and O–H groups in total. The summed E-state index contributed by atoms with van der Waals surface area (Å²) in [7, 11) is 0. The Morgan fingerprint density at radius 3 is 2.57 bits per heavy atom. The molecule has 5 heteroatoms. The van der Waals surface area contributed by atoms with Crippen LogP contribution in [0.4, 0.5) is 0 Å². The highest BCUT2D eigenvalue weighted by Crippen LogP contribution is 2.32. The SMILES string of the molecule is CCc1ccc(C(=O)NC2CC(c3c(C)c4ccccc4n3CC)NN2)cc1. The van der Waals surface area contributed by atoms with Crippen LogP contribution in [-0.2, 0) is 13.0 Å². The lowest BCUT2D eigenvalue weighted by Gasteiger charge is -2.15. The number of nitrogens with zero attached hydrogens (tertiary/aromatic N) is 1. The molecule has 4 rings (SSSR count). The molecule has 1 saturated heterocycles. The maximum Gasteiger partial charge on any atom is 0.252 e. The first-order valence-electron chi connectivity index (χ1n) is 10.1. The molecule has 1 aliphatic heterocycles. The van der Waals surface area contributed by atoms with Crippen LogP contribution in [0.25, 0.3) is 10.9 Å². The highest BCUT2D eigenvalue weighted by Gasteiger charge is 2.30. The van der Waals surface area contributed by atoms with Crippen molar-refractivity contribution >= 4 is 16.8 Å². The fraction of sp³-hybridized carbons (Fsp3) is 0.348. The van der Waals surface area contributed by atoms with Crippen LogP contribution in [0.3, 0.4) is 0 Å². The van der Waals surface area contributed by atoms with Crippen molar-refractivity contribution in [1.82, 2.24) is 20.7 Å². The molecule has 1 aromatic heterocycles. The second-order valence-electron chi connectivity index (χ2n) is 7.43. The number of hydrogen-bond acceptors (Lipinski definition) is 3. The van der Waals surface area contributed by atoms with Gasteiger partial charge in [-0.1, -0.05) is 37.3 Å². The first-order valence-corrected chi connectivity index (χ1v) is 10.1. The van der Waals surface area contributed by atoms with Gasteiger partial charge >= 0.3 is 0 Å². The molecule has 1 aliphatic rings. The number of rotatable bonds is 5. The number of hydrogen-bond donors (Lipinski definition) is 3. The number of carbonyl (C=O) groups is 1. The fourth-order valence-corrected chi connectivity index (χ4v) is 4.25. The van der Waals surface area contributed by atoms with Crippen LogP contribution in [-0.4, -0.2) is 16.6 Å². The summed E-state index contributed by atoms with van der Waals surface area (Å²) in [5.74, 6) is -0.0460. The molecule has 2 aromatic carbocycles. The number of para-hydroxylation sites is 1. The van der Waals surface area contributed by atoms with Gasteiger partial charge in [-0.2, -0.15) is 0 Å². The summed E-state index contributed by atoms with van der Waals surface area (Å²) < 4.78 is 2.37. The number of nitrogens with one attached hydrogen (secondary N) is 3. The van der Waals surface area contributed by atoms with Gasteiger partial charge in [-0.3, -0.25) is 4.79 Å². The lowest BCUT2D eigenvalue weighted by molar-refractivity contribution is 0.0932. The highest BCUT2D eigenvalue weighted by atomic mass is 16.1. The average Bonchev–Trinajstić information content (AvgIpc) is 3.30. The van der Waals surface area contributed by atoms with Crippen LogP contribution in [0.5, 0.6) is 0 Å². The minimum absolute atomic E-state index is 0.0460. The van der Waals surface area contributed by atoms with Gasteiger partial charge in [0.05, 0.1) is 12.2 Å². The first kappa shape index (κ1) is 18.7. The summed E-state index contributed by atoms with van der Waals surface area (Å²) in [5, 5.41) is 4.40. The van der Waals surface area contributed by atoms with E-state index in [0.29, 0.717) is 5.56 Å². The Bertz CT molecular complexity index is 990. The Morgan fingerprint density at radius 1 is 1.11 bits per heavy atom. The second-order valence-corrected chi connectivity index (χ2v) is 7.43. The van der Waals surface area contributed by atoms with Crippen LogP contribution < -0.4 is 16.2 Å². The van der Waals surface area contributed by atoms with E-state index in [4.69, 9.17) is 0 Å². The van der Waals surface area contributed by atoms with Crippen molar-refractivity contribution in [3.8, 4) is 0 Å². The molecular formula is C23H28N4O. The molecule has 0 spiro atoms. The van der Waals surface area contributed by atoms with E-state index in [2.05, 4.69) is 65.8 Å². The van der Waals surface area contributed by atoms with Crippen molar-refractivity contribution in [2.75, 3.05) is 0 Å². The number of benzene rings is 2. The van der Waals surface area contributed by atoms with Crippen LogP contribution in [0, 0.1) is 6.92 Å². The second kappa shape index (κ2) is 7.78. The summed E-state index contributed by atoms with van der Waals surface area (Å²) >= 11 is 0. The Hall–Kier alpha value is -2.63. The van der Waals surface area contributed by atoms with Gasteiger partial charge in [0.25, 0.3) is 5.91 Å². The Labute approximate surface area is 166 Å². The lowest BCUT2D eigenvalue weighted by atomic mass is 10.0. The molecule has 2 unspecified atom stereocenters. The molecular weight excluding hydrogens is 348 g/mol. The number of amides is 1. The summed E-state index contributed by atoms with van der Waals surface area (Å²) in [6, 6.07) is 16.5. The number of aromatic nitrogens is 1. The van der Waals surface area contributed by atoms with Gasteiger partial charge in [0.1, 0.15) is 0 Å². The number of fused-ring (bicyclic) bond motifs is 1. The van der Waals surface area contributed by atoms with E-state index in [1.54, 1.807) is 0 Å². The molecule has 0 radical (unpaired) electrons. The van der Waals surface area contributed by atoms with E-state index >= 15 is 0 Å². The minimum Gasteiger partial charge on any atom is -0.343 e. The van der Waals surface area contributed by atoms with Crippen molar-refractivity contribution < 1.29 is 4.79 Å². The van der Waals surface area contributed by atoms with Gasteiger partial charge in [-0.05, 0) is 49.6 Å². The molecule has 146 valence electrons. The first-order chi connectivity index (χ1) is 13.6. The summed E-state index contributed by atoms with van der Waals surface area (Å²) in [6.07, 6.45) is 1.67. The van der Waals surface area contributed by atoms with Crippen molar-refractivity contribution in [1.29, 1.82) is 0 Å². The van der Waals surface area contributed by atoms with Crippen LogP contribution in [0.2, 0.25) is 0 Å². The van der Waals surface area contributed by atoms with Gasteiger partial charge in [0.2, 0.25) is 0 Å².